The molecule has 4 heterocycles. The number of hydrogen-bond acceptors (Lipinski definition) is 5. The molecule has 190 valence electrons. The highest BCUT2D eigenvalue weighted by Crippen LogP contribution is 2.32. The minimum atomic E-state index is -0.0325. The predicted octanol–water partition coefficient (Wildman–Crippen LogP) is 2.82. The Kier molecular flexibility index (Phi) is 7.32. The molecule has 36 heavy (non-hydrogen) atoms. The molecule has 0 saturated carbocycles. The number of nitrogens with zero attached hydrogens (tertiary/aromatic N) is 5. The highest BCUT2D eigenvalue weighted by atomic mass is 16.2. The number of anilines is 1. The van der Waals surface area contributed by atoms with Crippen LogP contribution in [0, 0.1) is 0 Å². The Morgan fingerprint density at radius 3 is 2.56 bits per heavy atom. The van der Waals surface area contributed by atoms with E-state index in [9.17, 15) is 14.4 Å². The van der Waals surface area contributed by atoms with Gasteiger partial charge < -0.3 is 14.7 Å². The maximum absolute atomic E-state index is 13.6. The molecule has 2 bridgehead atoms. The van der Waals surface area contributed by atoms with Crippen LogP contribution >= 0.6 is 0 Å². The maximum atomic E-state index is 13.6. The molecule has 3 aliphatic heterocycles. The monoisotopic (exact) mass is 489 g/mol. The largest absolute Gasteiger partial charge is 0.335 e. The van der Waals surface area contributed by atoms with Crippen molar-refractivity contribution in [3.63, 3.8) is 0 Å². The molecule has 3 aliphatic rings. The van der Waals surface area contributed by atoms with Gasteiger partial charge in [0.05, 0.1) is 12.2 Å². The zero-order valence-corrected chi connectivity index (χ0v) is 21.0. The van der Waals surface area contributed by atoms with Gasteiger partial charge in [0.15, 0.2) is 0 Å². The van der Waals surface area contributed by atoms with Crippen molar-refractivity contribution in [2.45, 2.75) is 64.2 Å². The highest BCUT2D eigenvalue weighted by molar-refractivity contribution is 5.92. The molecule has 5 rings (SSSR count). The van der Waals surface area contributed by atoms with Crippen molar-refractivity contribution >= 4 is 23.4 Å². The molecule has 0 N–H and O–H groups in total. The number of pyridine rings is 1. The zero-order valence-electron chi connectivity index (χ0n) is 21.0. The number of carbonyl (C=O) groups excluding carboxylic acids is 3. The van der Waals surface area contributed by atoms with Crippen LogP contribution in [0.3, 0.4) is 0 Å². The van der Waals surface area contributed by atoms with E-state index in [-0.39, 0.29) is 30.3 Å². The van der Waals surface area contributed by atoms with Crippen LogP contribution in [0.25, 0.3) is 0 Å². The van der Waals surface area contributed by atoms with Crippen molar-refractivity contribution in [3.05, 3.63) is 59.9 Å². The number of para-hydroxylation sites is 1. The van der Waals surface area contributed by atoms with E-state index in [1.165, 1.54) is 0 Å². The van der Waals surface area contributed by atoms with Gasteiger partial charge in [-0.05, 0) is 49.4 Å². The van der Waals surface area contributed by atoms with E-state index in [4.69, 9.17) is 0 Å². The lowest BCUT2D eigenvalue weighted by molar-refractivity contribution is -0.139. The Bertz CT molecular complexity index is 1110. The van der Waals surface area contributed by atoms with Crippen molar-refractivity contribution in [1.29, 1.82) is 0 Å². The molecular formula is C28H35N5O3. The van der Waals surface area contributed by atoms with Crippen LogP contribution in [0.5, 0.6) is 0 Å². The summed E-state index contributed by atoms with van der Waals surface area (Å²) >= 11 is 0. The van der Waals surface area contributed by atoms with E-state index in [2.05, 4.69) is 9.88 Å². The first-order valence-electron chi connectivity index (χ1n) is 13.1. The lowest BCUT2D eigenvalue weighted by Gasteiger charge is -2.34. The van der Waals surface area contributed by atoms with Crippen molar-refractivity contribution in [2.75, 3.05) is 31.1 Å². The van der Waals surface area contributed by atoms with E-state index in [0.29, 0.717) is 38.6 Å². The van der Waals surface area contributed by atoms with E-state index in [1.807, 2.05) is 58.5 Å². The Morgan fingerprint density at radius 1 is 1.00 bits per heavy atom. The smallest absolute Gasteiger partial charge is 0.242 e. The summed E-state index contributed by atoms with van der Waals surface area (Å²) in [6.07, 6.45) is 6.04. The van der Waals surface area contributed by atoms with Gasteiger partial charge in [-0.25, -0.2) is 0 Å². The Hall–Kier alpha value is -3.26. The average Bonchev–Trinajstić information content (AvgIpc) is 3.44. The third-order valence-corrected chi connectivity index (χ3v) is 7.83. The molecular weight excluding hydrogens is 454 g/mol. The number of rotatable bonds is 4. The first kappa shape index (κ1) is 24.4. The molecule has 2 atom stereocenters. The topological polar surface area (TPSA) is 77.1 Å². The van der Waals surface area contributed by atoms with Gasteiger partial charge in [0.2, 0.25) is 17.7 Å². The van der Waals surface area contributed by atoms with Crippen molar-refractivity contribution < 1.29 is 14.4 Å². The molecule has 0 aliphatic carbocycles. The predicted molar refractivity (Wildman–Crippen MR) is 137 cm³/mol. The van der Waals surface area contributed by atoms with Crippen molar-refractivity contribution in [3.8, 4) is 0 Å². The summed E-state index contributed by atoms with van der Waals surface area (Å²) in [4.78, 5) is 51.1. The molecule has 2 fully saturated rings. The molecule has 8 nitrogen and oxygen atoms in total. The van der Waals surface area contributed by atoms with Crippen LogP contribution in [0.4, 0.5) is 5.69 Å². The Labute approximate surface area is 212 Å². The molecule has 3 amide bonds. The van der Waals surface area contributed by atoms with E-state index < -0.39 is 0 Å². The average molecular weight is 490 g/mol. The summed E-state index contributed by atoms with van der Waals surface area (Å²) in [7, 11) is 0. The number of amides is 3. The second-order valence-electron chi connectivity index (χ2n) is 10.2. The zero-order chi connectivity index (χ0) is 25.1. The third-order valence-electron chi connectivity index (χ3n) is 7.83. The summed E-state index contributed by atoms with van der Waals surface area (Å²) in [6, 6.07) is 14.4. The van der Waals surface area contributed by atoms with Crippen LogP contribution in [0.15, 0.2) is 48.7 Å². The van der Waals surface area contributed by atoms with E-state index in [0.717, 1.165) is 49.2 Å². The van der Waals surface area contributed by atoms with Gasteiger partial charge in [0, 0.05) is 70.0 Å². The van der Waals surface area contributed by atoms with Crippen LogP contribution in [0.2, 0.25) is 0 Å². The number of benzene rings is 1. The fraction of sp³-hybridized carbons (Fsp3) is 0.500. The minimum Gasteiger partial charge on any atom is -0.335 e. The number of hydrogen-bond donors (Lipinski definition) is 0. The third kappa shape index (κ3) is 5.28. The Morgan fingerprint density at radius 2 is 1.81 bits per heavy atom. The van der Waals surface area contributed by atoms with Gasteiger partial charge in [0.1, 0.15) is 0 Å². The first-order chi connectivity index (χ1) is 17.5. The molecule has 0 radical (unpaired) electrons. The normalized spacial score (nSPS) is 22.9. The quantitative estimate of drug-likeness (QED) is 0.660. The number of carbonyl (C=O) groups is 3. The second kappa shape index (κ2) is 10.8. The Balaban J connectivity index is 1.48. The van der Waals surface area contributed by atoms with Crippen LogP contribution < -0.4 is 4.90 Å². The maximum Gasteiger partial charge on any atom is 0.242 e. The minimum absolute atomic E-state index is 0.00746. The van der Waals surface area contributed by atoms with Gasteiger partial charge in [0.25, 0.3) is 0 Å². The van der Waals surface area contributed by atoms with Gasteiger partial charge in [-0.2, -0.15) is 0 Å². The molecule has 8 heteroatoms. The van der Waals surface area contributed by atoms with Gasteiger partial charge in [-0.3, -0.25) is 24.3 Å². The lowest BCUT2D eigenvalue weighted by Crippen LogP contribution is -2.47. The summed E-state index contributed by atoms with van der Waals surface area (Å²) in [5, 5.41) is 0. The summed E-state index contributed by atoms with van der Waals surface area (Å²) in [5.41, 5.74) is 2.84. The first-order valence-corrected chi connectivity index (χ1v) is 13.1. The van der Waals surface area contributed by atoms with Crippen LogP contribution in [-0.4, -0.2) is 75.7 Å². The second-order valence-corrected chi connectivity index (χ2v) is 10.2. The van der Waals surface area contributed by atoms with Gasteiger partial charge in [-0.15, -0.1) is 0 Å². The fourth-order valence-electron chi connectivity index (χ4n) is 5.94. The molecule has 2 aromatic rings. The standard InChI is InChI=1S/C28H35N5O3/c1-21(34)32-16-13-24-11-12-25(33(24)18-23-8-4-5-14-29-23)19-31(17-22-7-2-3-9-26(22)32)28(36)20-30-15-6-10-27(30)35/h2-5,7-9,14,24-25H,6,10-13,15-20H2,1H3/t24-,25+/m0/s1. The number of likely N-dealkylation sites (tertiary alicyclic amines) is 1. The van der Waals surface area contributed by atoms with E-state index >= 15 is 0 Å². The SMILES string of the molecule is CC(=O)N1CC[C@@H]2CC[C@H](CN(C(=O)CN3CCCC3=O)Cc3ccccc31)N2Cc1ccccn1. The van der Waals surface area contributed by atoms with Crippen LogP contribution in [-0.2, 0) is 27.5 Å². The van der Waals surface area contributed by atoms with E-state index in [1.54, 1.807) is 11.8 Å². The highest BCUT2D eigenvalue weighted by Gasteiger charge is 2.37. The lowest BCUT2D eigenvalue weighted by atomic mass is 10.1. The number of aromatic nitrogens is 1. The molecule has 0 spiro atoms. The molecule has 2 saturated heterocycles. The van der Waals surface area contributed by atoms with Crippen molar-refractivity contribution in [1.82, 2.24) is 19.7 Å². The molecule has 1 aromatic carbocycles. The van der Waals surface area contributed by atoms with Gasteiger partial charge >= 0.3 is 0 Å². The summed E-state index contributed by atoms with van der Waals surface area (Å²) < 4.78 is 0. The molecule has 0 unspecified atom stereocenters. The molecule has 1 aromatic heterocycles. The van der Waals surface area contributed by atoms with Crippen LogP contribution in [0.1, 0.15) is 50.3 Å². The summed E-state index contributed by atoms with van der Waals surface area (Å²) in [5.74, 6) is 0.0325. The van der Waals surface area contributed by atoms with Crippen molar-refractivity contribution in [2.24, 2.45) is 0 Å². The fourth-order valence-corrected chi connectivity index (χ4v) is 5.94. The summed E-state index contributed by atoms with van der Waals surface area (Å²) in [6.45, 7) is 4.74. The number of fused-ring (bicyclic) bond motifs is 3. The van der Waals surface area contributed by atoms with Gasteiger partial charge in [-0.1, -0.05) is 24.3 Å².